The third-order valence-electron chi connectivity index (χ3n) is 7.52. The van der Waals surface area contributed by atoms with Gasteiger partial charge in [-0.1, -0.05) is 161 Å². The predicted molar refractivity (Wildman–Crippen MR) is 161 cm³/mol. The molecule has 4 nitrogen and oxygen atoms in total. The van der Waals surface area contributed by atoms with Crippen LogP contribution in [0.2, 0.25) is 0 Å². The fourth-order valence-corrected chi connectivity index (χ4v) is 4.94. The number of unbranched alkanes of at least 4 members (excludes halogenated alkanes) is 22. The molecule has 0 aromatic rings. The summed E-state index contributed by atoms with van der Waals surface area (Å²) in [5.74, 6) is -0.0658. The fourth-order valence-electron chi connectivity index (χ4n) is 4.94. The first kappa shape index (κ1) is 36.1. The maximum Gasteiger partial charge on any atom is 0.220 e. The van der Waals surface area contributed by atoms with Crippen LogP contribution in [0.15, 0.2) is 12.2 Å². The standard InChI is InChI=1S/C33H65NO3/c1-3-5-7-9-11-13-15-17-18-20-22-24-26-28-32(36)31(30-35)34-33(37)29-27-25-23-21-19-16-14-12-10-8-6-4-2/h26,28,31-32,35-36H,3-25,27,29-30H2,1-2H3,(H,34,37)/b28-26+/t31-,32-/m1/s1. The first-order valence-corrected chi connectivity index (χ1v) is 16.4. The Morgan fingerprint density at radius 2 is 1.00 bits per heavy atom. The van der Waals surface area contributed by atoms with Crippen LogP contribution in [-0.2, 0) is 4.79 Å². The van der Waals surface area contributed by atoms with E-state index in [0.29, 0.717) is 6.42 Å². The Labute approximate surface area is 231 Å². The second-order valence-corrected chi connectivity index (χ2v) is 11.2. The number of aliphatic hydroxyl groups excluding tert-OH is 2. The molecule has 0 spiro atoms. The molecule has 0 aliphatic heterocycles. The van der Waals surface area contributed by atoms with Crippen molar-refractivity contribution in [2.24, 2.45) is 0 Å². The van der Waals surface area contributed by atoms with Crippen LogP contribution in [0.1, 0.15) is 174 Å². The largest absolute Gasteiger partial charge is 0.394 e. The van der Waals surface area contributed by atoms with Crippen molar-refractivity contribution >= 4 is 5.91 Å². The highest BCUT2D eigenvalue weighted by molar-refractivity contribution is 5.76. The second-order valence-electron chi connectivity index (χ2n) is 11.2. The smallest absolute Gasteiger partial charge is 0.220 e. The number of aliphatic hydroxyl groups is 2. The zero-order chi connectivity index (χ0) is 27.2. The van der Waals surface area contributed by atoms with E-state index in [0.717, 1.165) is 25.7 Å². The minimum absolute atomic E-state index is 0.0658. The maximum atomic E-state index is 12.2. The zero-order valence-electron chi connectivity index (χ0n) is 25.0. The van der Waals surface area contributed by atoms with Gasteiger partial charge in [-0.15, -0.1) is 0 Å². The van der Waals surface area contributed by atoms with Gasteiger partial charge in [0.2, 0.25) is 5.91 Å². The Hall–Kier alpha value is -0.870. The third kappa shape index (κ3) is 26.5. The van der Waals surface area contributed by atoms with Crippen LogP contribution < -0.4 is 5.32 Å². The summed E-state index contributed by atoms with van der Waals surface area (Å²) in [6, 6.07) is -0.613. The summed E-state index contributed by atoms with van der Waals surface area (Å²) in [5, 5.41) is 22.8. The van der Waals surface area contributed by atoms with Crippen LogP contribution in [0, 0.1) is 0 Å². The summed E-state index contributed by atoms with van der Waals surface area (Å²) < 4.78 is 0. The molecule has 220 valence electrons. The minimum Gasteiger partial charge on any atom is -0.394 e. The molecule has 1 amide bonds. The van der Waals surface area contributed by atoms with Crippen molar-refractivity contribution in [1.29, 1.82) is 0 Å². The van der Waals surface area contributed by atoms with Crippen LogP contribution in [0.4, 0.5) is 0 Å². The summed E-state index contributed by atoms with van der Waals surface area (Å²) in [7, 11) is 0. The van der Waals surface area contributed by atoms with Gasteiger partial charge in [0, 0.05) is 6.42 Å². The van der Waals surface area contributed by atoms with Crippen LogP contribution >= 0.6 is 0 Å². The van der Waals surface area contributed by atoms with Crippen molar-refractivity contribution < 1.29 is 15.0 Å². The van der Waals surface area contributed by atoms with E-state index in [2.05, 4.69) is 19.2 Å². The SMILES string of the molecule is CCCCCCCCCCCCC/C=C/[C@@H](O)[C@@H](CO)NC(=O)CCCCCCCCCCCCCC. The molecule has 37 heavy (non-hydrogen) atoms. The van der Waals surface area contributed by atoms with Crippen molar-refractivity contribution in [3.8, 4) is 0 Å². The number of hydrogen-bond acceptors (Lipinski definition) is 3. The highest BCUT2D eigenvalue weighted by atomic mass is 16.3. The van der Waals surface area contributed by atoms with Crippen molar-refractivity contribution in [1.82, 2.24) is 5.32 Å². The van der Waals surface area contributed by atoms with Crippen LogP contribution in [0.3, 0.4) is 0 Å². The van der Waals surface area contributed by atoms with E-state index in [1.807, 2.05) is 6.08 Å². The number of carbonyl (C=O) groups is 1. The van der Waals surface area contributed by atoms with Gasteiger partial charge >= 0.3 is 0 Å². The Morgan fingerprint density at radius 3 is 1.41 bits per heavy atom. The Bertz CT molecular complexity index is 494. The molecule has 0 saturated heterocycles. The molecular formula is C33H65NO3. The van der Waals surface area contributed by atoms with Gasteiger partial charge in [-0.05, 0) is 19.3 Å². The molecule has 2 atom stereocenters. The monoisotopic (exact) mass is 523 g/mol. The summed E-state index contributed by atoms with van der Waals surface area (Å²) in [6.07, 6.45) is 34.2. The summed E-state index contributed by atoms with van der Waals surface area (Å²) >= 11 is 0. The Morgan fingerprint density at radius 1 is 0.622 bits per heavy atom. The average molecular weight is 524 g/mol. The third-order valence-corrected chi connectivity index (χ3v) is 7.52. The van der Waals surface area contributed by atoms with Gasteiger partial charge in [0.05, 0.1) is 18.8 Å². The topological polar surface area (TPSA) is 69.6 Å². The highest BCUT2D eigenvalue weighted by Crippen LogP contribution is 2.14. The molecule has 0 aromatic carbocycles. The molecule has 0 saturated carbocycles. The van der Waals surface area contributed by atoms with Gasteiger partial charge < -0.3 is 15.5 Å². The van der Waals surface area contributed by atoms with E-state index in [1.54, 1.807) is 6.08 Å². The van der Waals surface area contributed by atoms with Crippen molar-refractivity contribution in [3.63, 3.8) is 0 Å². The van der Waals surface area contributed by atoms with E-state index in [-0.39, 0.29) is 12.5 Å². The fraction of sp³-hybridized carbons (Fsp3) is 0.909. The van der Waals surface area contributed by atoms with Gasteiger partial charge in [-0.2, -0.15) is 0 Å². The number of rotatable bonds is 29. The number of allylic oxidation sites excluding steroid dienone is 1. The van der Waals surface area contributed by atoms with Gasteiger partial charge in [-0.25, -0.2) is 0 Å². The molecule has 0 aliphatic carbocycles. The molecule has 0 fully saturated rings. The van der Waals surface area contributed by atoms with E-state index in [9.17, 15) is 15.0 Å². The lowest BCUT2D eigenvalue weighted by Gasteiger charge is -2.20. The number of amides is 1. The lowest BCUT2D eigenvalue weighted by Crippen LogP contribution is -2.45. The Balaban J connectivity index is 3.65. The van der Waals surface area contributed by atoms with E-state index in [4.69, 9.17) is 0 Å². The predicted octanol–water partition coefficient (Wildman–Crippen LogP) is 9.17. The second kappa shape index (κ2) is 29.7. The molecule has 0 bridgehead atoms. The maximum absolute atomic E-state index is 12.2. The summed E-state index contributed by atoms with van der Waals surface area (Å²) in [5.41, 5.74) is 0. The first-order valence-electron chi connectivity index (χ1n) is 16.4. The molecule has 0 aromatic heterocycles. The molecule has 0 rings (SSSR count). The van der Waals surface area contributed by atoms with Crippen molar-refractivity contribution in [3.05, 3.63) is 12.2 Å². The quantitative estimate of drug-likeness (QED) is 0.0676. The van der Waals surface area contributed by atoms with Crippen molar-refractivity contribution in [2.75, 3.05) is 6.61 Å². The van der Waals surface area contributed by atoms with Gasteiger partial charge in [-0.3, -0.25) is 4.79 Å². The van der Waals surface area contributed by atoms with E-state index >= 15 is 0 Å². The number of nitrogens with one attached hydrogen (secondary N) is 1. The van der Waals surface area contributed by atoms with Crippen LogP contribution in [0.5, 0.6) is 0 Å². The molecular weight excluding hydrogens is 458 g/mol. The summed E-state index contributed by atoms with van der Waals surface area (Å²) in [4.78, 5) is 12.2. The number of carbonyl (C=O) groups excluding carboxylic acids is 1. The van der Waals surface area contributed by atoms with E-state index < -0.39 is 12.1 Å². The van der Waals surface area contributed by atoms with Gasteiger partial charge in [0.25, 0.3) is 0 Å². The lowest BCUT2D eigenvalue weighted by atomic mass is 10.0. The molecule has 0 heterocycles. The molecule has 0 unspecified atom stereocenters. The Kier molecular flexibility index (Phi) is 29.0. The first-order chi connectivity index (χ1) is 18.2. The summed E-state index contributed by atoms with van der Waals surface area (Å²) in [6.45, 7) is 4.28. The highest BCUT2D eigenvalue weighted by Gasteiger charge is 2.17. The minimum atomic E-state index is -0.830. The van der Waals surface area contributed by atoms with E-state index in [1.165, 1.54) is 128 Å². The van der Waals surface area contributed by atoms with Crippen LogP contribution in [-0.4, -0.2) is 34.9 Å². The normalized spacial score (nSPS) is 13.3. The molecule has 0 radical (unpaired) electrons. The lowest BCUT2D eigenvalue weighted by molar-refractivity contribution is -0.123. The van der Waals surface area contributed by atoms with Crippen LogP contribution in [0.25, 0.3) is 0 Å². The number of hydrogen-bond donors (Lipinski definition) is 3. The molecule has 0 aliphatic rings. The van der Waals surface area contributed by atoms with Crippen molar-refractivity contribution in [2.45, 2.75) is 187 Å². The van der Waals surface area contributed by atoms with Gasteiger partial charge in [0.15, 0.2) is 0 Å². The zero-order valence-corrected chi connectivity index (χ0v) is 25.0. The average Bonchev–Trinajstić information content (AvgIpc) is 2.90. The molecule has 3 N–H and O–H groups in total. The molecule has 4 heteroatoms. The van der Waals surface area contributed by atoms with Gasteiger partial charge in [0.1, 0.15) is 0 Å².